The second-order valence-corrected chi connectivity index (χ2v) is 4.30. The highest BCUT2D eigenvalue weighted by atomic mass is 19.1. The van der Waals surface area contributed by atoms with Crippen LogP contribution in [-0.2, 0) is 6.61 Å². The molecule has 2 aromatic carbocycles. The van der Waals surface area contributed by atoms with Crippen LogP contribution in [0.3, 0.4) is 0 Å². The fourth-order valence-corrected chi connectivity index (χ4v) is 1.77. The van der Waals surface area contributed by atoms with Gasteiger partial charge in [0.25, 0.3) is 0 Å². The van der Waals surface area contributed by atoms with E-state index in [0.29, 0.717) is 11.3 Å². The van der Waals surface area contributed by atoms with Crippen LogP contribution < -0.4 is 10.2 Å². The monoisotopic (exact) mass is 260 g/mol. The number of rotatable bonds is 4. The number of benzene rings is 2. The third kappa shape index (κ3) is 3.33. The Kier molecular flexibility index (Phi) is 4.19. The van der Waals surface area contributed by atoms with Gasteiger partial charge in [-0.15, -0.1) is 0 Å². The Bertz CT molecular complexity index is 572. The molecule has 2 N–H and O–H groups in total. The van der Waals surface area contributed by atoms with Crippen molar-refractivity contribution in [3.63, 3.8) is 0 Å². The van der Waals surface area contributed by atoms with E-state index in [4.69, 9.17) is 4.74 Å². The first-order chi connectivity index (χ1) is 9.08. The van der Waals surface area contributed by atoms with Crippen LogP contribution in [0.2, 0.25) is 0 Å². The Hall–Kier alpha value is -1.85. The first-order valence-corrected chi connectivity index (χ1v) is 5.91. The van der Waals surface area contributed by atoms with E-state index in [0.717, 1.165) is 5.56 Å². The van der Waals surface area contributed by atoms with Gasteiger partial charge in [-0.25, -0.2) is 4.39 Å². The summed E-state index contributed by atoms with van der Waals surface area (Å²) in [5.41, 5.74) is 1.58. The first kappa shape index (κ1) is 13.6. The van der Waals surface area contributed by atoms with E-state index in [9.17, 15) is 14.4 Å². The number of hydrogen-bond acceptors (Lipinski definition) is 3. The molecule has 2 aromatic rings. The Morgan fingerprint density at radius 3 is 2.58 bits per heavy atom. The van der Waals surface area contributed by atoms with E-state index >= 15 is 0 Å². The molecular formula is C14H14BFO3. The minimum absolute atomic E-state index is 0.0372. The Morgan fingerprint density at radius 1 is 1.16 bits per heavy atom. The molecule has 0 aliphatic heterocycles. The molecule has 19 heavy (non-hydrogen) atoms. The summed E-state index contributed by atoms with van der Waals surface area (Å²) in [7, 11) is -1.62. The summed E-state index contributed by atoms with van der Waals surface area (Å²) in [4.78, 5) is 0. The van der Waals surface area contributed by atoms with Crippen LogP contribution in [0.15, 0.2) is 42.5 Å². The molecule has 0 aliphatic rings. The topological polar surface area (TPSA) is 49.7 Å². The highest BCUT2D eigenvalue weighted by Crippen LogP contribution is 2.14. The van der Waals surface area contributed by atoms with Gasteiger partial charge in [-0.3, -0.25) is 0 Å². The first-order valence-electron chi connectivity index (χ1n) is 5.91. The molecule has 3 nitrogen and oxygen atoms in total. The van der Waals surface area contributed by atoms with E-state index < -0.39 is 7.12 Å². The zero-order chi connectivity index (χ0) is 13.8. The van der Waals surface area contributed by atoms with Crippen molar-refractivity contribution in [3.05, 3.63) is 59.4 Å². The third-order valence-electron chi connectivity index (χ3n) is 2.78. The lowest BCUT2D eigenvalue weighted by Gasteiger charge is -2.12. The fourth-order valence-electron chi connectivity index (χ4n) is 1.77. The van der Waals surface area contributed by atoms with E-state index in [1.807, 2.05) is 6.92 Å². The van der Waals surface area contributed by atoms with Crippen molar-refractivity contribution in [1.29, 1.82) is 0 Å². The molecule has 0 spiro atoms. The second kappa shape index (κ2) is 5.86. The molecule has 0 amide bonds. The lowest BCUT2D eigenvalue weighted by atomic mass is 9.79. The lowest BCUT2D eigenvalue weighted by Crippen LogP contribution is -2.31. The van der Waals surface area contributed by atoms with Crippen LogP contribution in [0.1, 0.15) is 11.1 Å². The Balaban J connectivity index is 2.18. The van der Waals surface area contributed by atoms with Crippen molar-refractivity contribution < 1.29 is 19.2 Å². The molecule has 0 atom stereocenters. The molecule has 0 aliphatic carbocycles. The van der Waals surface area contributed by atoms with Gasteiger partial charge in [0, 0.05) is 11.0 Å². The molecule has 2 rings (SSSR count). The van der Waals surface area contributed by atoms with Crippen LogP contribution in [0.5, 0.6) is 5.75 Å². The minimum atomic E-state index is -1.62. The van der Waals surface area contributed by atoms with Crippen LogP contribution in [0.4, 0.5) is 4.39 Å². The van der Waals surface area contributed by atoms with Crippen molar-refractivity contribution >= 4 is 12.6 Å². The molecule has 0 unspecified atom stereocenters. The maximum absolute atomic E-state index is 13.4. The SMILES string of the molecule is Cc1ccc(OCc2ccccc2F)c(B(O)O)c1. The molecule has 0 radical (unpaired) electrons. The van der Waals surface area contributed by atoms with Crippen LogP contribution in [0.25, 0.3) is 0 Å². The van der Waals surface area contributed by atoms with Gasteiger partial charge in [0.15, 0.2) is 0 Å². The van der Waals surface area contributed by atoms with Gasteiger partial charge in [-0.2, -0.15) is 0 Å². The van der Waals surface area contributed by atoms with Crippen molar-refractivity contribution in [2.75, 3.05) is 0 Å². The minimum Gasteiger partial charge on any atom is -0.489 e. The van der Waals surface area contributed by atoms with Crippen LogP contribution in [-0.4, -0.2) is 17.2 Å². The standard InChI is InChI=1S/C14H14BFO3/c1-10-6-7-14(12(8-10)15(17)18)19-9-11-4-2-3-5-13(11)16/h2-8,17-18H,9H2,1H3. The summed E-state index contributed by atoms with van der Waals surface area (Å²) in [6.45, 7) is 1.88. The number of halogens is 1. The highest BCUT2D eigenvalue weighted by Gasteiger charge is 2.17. The molecule has 0 saturated carbocycles. The predicted molar refractivity (Wildman–Crippen MR) is 71.7 cm³/mol. The summed E-state index contributed by atoms with van der Waals surface area (Å²) in [6, 6.07) is 11.4. The highest BCUT2D eigenvalue weighted by molar-refractivity contribution is 6.59. The summed E-state index contributed by atoms with van der Waals surface area (Å²) in [6.07, 6.45) is 0. The normalized spacial score (nSPS) is 10.3. The molecular weight excluding hydrogens is 246 g/mol. The van der Waals surface area contributed by atoms with Gasteiger partial charge < -0.3 is 14.8 Å². The second-order valence-electron chi connectivity index (χ2n) is 4.30. The van der Waals surface area contributed by atoms with Gasteiger partial charge in [0.05, 0.1) is 0 Å². The Morgan fingerprint density at radius 2 is 1.89 bits per heavy atom. The van der Waals surface area contributed by atoms with Crippen LogP contribution >= 0.6 is 0 Å². The van der Waals surface area contributed by atoms with Crippen molar-refractivity contribution in [3.8, 4) is 5.75 Å². The molecule has 0 aromatic heterocycles. The smallest absolute Gasteiger partial charge is 0.489 e. The van der Waals surface area contributed by atoms with Gasteiger partial charge in [-0.1, -0.05) is 35.9 Å². The molecule has 5 heteroatoms. The van der Waals surface area contributed by atoms with Gasteiger partial charge in [-0.05, 0) is 19.1 Å². The third-order valence-corrected chi connectivity index (χ3v) is 2.78. The number of ether oxygens (including phenoxy) is 1. The maximum atomic E-state index is 13.4. The fraction of sp³-hybridized carbons (Fsp3) is 0.143. The quantitative estimate of drug-likeness (QED) is 0.817. The van der Waals surface area contributed by atoms with E-state index in [1.54, 1.807) is 36.4 Å². The molecule has 98 valence electrons. The summed E-state index contributed by atoms with van der Waals surface area (Å²) in [5, 5.41) is 18.6. The van der Waals surface area contributed by atoms with E-state index in [1.165, 1.54) is 6.07 Å². The summed E-state index contributed by atoms with van der Waals surface area (Å²) >= 11 is 0. The Labute approximate surface area is 111 Å². The molecule has 0 heterocycles. The van der Waals surface area contributed by atoms with Crippen molar-refractivity contribution in [1.82, 2.24) is 0 Å². The zero-order valence-corrected chi connectivity index (χ0v) is 10.5. The van der Waals surface area contributed by atoms with Gasteiger partial charge in [0.2, 0.25) is 0 Å². The largest absolute Gasteiger partial charge is 0.492 e. The molecule has 0 fully saturated rings. The maximum Gasteiger partial charge on any atom is 0.492 e. The van der Waals surface area contributed by atoms with Gasteiger partial charge in [0.1, 0.15) is 18.2 Å². The number of hydrogen-bond donors (Lipinski definition) is 2. The van der Waals surface area contributed by atoms with Crippen molar-refractivity contribution in [2.45, 2.75) is 13.5 Å². The average Bonchev–Trinajstić information content (AvgIpc) is 2.38. The average molecular weight is 260 g/mol. The van der Waals surface area contributed by atoms with Gasteiger partial charge >= 0.3 is 7.12 Å². The predicted octanol–water partition coefficient (Wildman–Crippen LogP) is 1.39. The zero-order valence-electron chi connectivity index (χ0n) is 10.5. The summed E-state index contributed by atoms with van der Waals surface area (Å²) < 4.78 is 18.9. The van der Waals surface area contributed by atoms with Crippen molar-refractivity contribution in [2.24, 2.45) is 0 Å². The van der Waals surface area contributed by atoms with E-state index in [2.05, 4.69) is 0 Å². The number of aryl methyl sites for hydroxylation is 1. The molecule has 0 saturated heterocycles. The molecule has 0 bridgehead atoms. The van der Waals surface area contributed by atoms with E-state index in [-0.39, 0.29) is 17.9 Å². The lowest BCUT2D eigenvalue weighted by molar-refractivity contribution is 0.300. The van der Waals surface area contributed by atoms with Crippen LogP contribution in [0, 0.1) is 12.7 Å². The summed E-state index contributed by atoms with van der Waals surface area (Å²) in [5.74, 6) is -0.00967.